The van der Waals surface area contributed by atoms with Crippen LogP contribution < -0.4 is 0 Å². The van der Waals surface area contributed by atoms with Crippen LogP contribution in [-0.2, 0) is 4.79 Å². The SMILES string of the molecule is CC1(C)C(/C=C(\I)C#N)C1C(=O)O. The van der Waals surface area contributed by atoms with E-state index in [0.717, 1.165) is 0 Å². The highest BCUT2D eigenvalue weighted by Gasteiger charge is 2.60. The molecule has 0 heterocycles. The monoisotopic (exact) mass is 291 g/mol. The fourth-order valence-corrected chi connectivity index (χ4v) is 2.04. The van der Waals surface area contributed by atoms with E-state index in [1.165, 1.54) is 0 Å². The molecule has 1 saturated carbocycles. The summed E-state index contributed by atoms with van der Waals surface area (Å²) < 4.78 is 0.569. The Labute approximate surface area is 90.6 Å². The van der Waals surface area contributed by atoms with E-state index < -0.39 is 5.97 Å². The third kappa shape index (κ3) is 1.85. The Bertz CT molecular complexity index is 314. The summed E-state index contributed by atoms with van der Waals surface area (Å²) in [7, 11) is 0. The molecule has 0 radical (unpaired) electrons. The predicted octanol–water partition coefficient (Wildman–Crippen LogP) is 2.19. The molecule has 1 aliphatic carbocycles. The van der Waals surface area contributed by atoms with Crippen LogP contribution >= 0.6 is 22.6 Å². The van der Waals surface area contributed by atoms with Crippen molar-refractivity contribution in [1.82, 2.24) is 0 Å². The first-order chi connectivity index (χ1) is 5.91. The minimum absolute atomic E-state index is 0.0107. The first kappa shape index (κ1) is 10.5. The Morgan fingerprint density at radius 2 is 2.23 bits per heavy atom. The fourth-order valence-electron chi connectivity index (χ4n) is 1.66. The van der Waals surface area contributed by atoms with E-state index in [9.17, 15) is 4.79 Å². The predicted molar refractivity (Wildman–Crippen MR) is 56.1 cm³/mol. The zero-order chi connectivity index (χ0) is 10.2. The van der Waals surface area contributed by atoms with Crippen LogP contribution in [0.3, 0.4) is 0 Å². The van der Waals surface area contributed by atoms with Crippen LogP contribution in [0.15, 0.2) is 9.66 Å². The van der Waals surface area contributed by atoms with Gasteiger partial charge in [0.25, 0.3) is 0 Å². The zero-order valence-corrected chi connectivity index (χ0v) is 9.57. The molecule has 0 spiro atoms. The molecule has 1 N–H and O–H groups in total. The second kappa shape index (κ2) is 3.29. The van der Waals surface area contributed by atoms with Crippen molar-refractivity contribution in [3.8, 4) is 6.07 Å². The number of nitriles is 1. The molecule has 1 fully saturated rings. The zero-order valence-electron chi connectivity index (χ0n) is 7.41. The minimum atomic E-state index is -0.770. The minimum Gasteiger partial charge on any atom is -0.481 e. The standard InChI is InChI=1S/C9H10INO2/c1-9(2)6(3-5(10)4-11)7(9)8(12)13/h3,6-7H,1-2H3,(H,12,13)/b5-3-. The van der Waals surface area contributed by atoms with Crippen molar-refractivity contribution in [3.63, 3.8) is 0 Å². The summed E-state index contributed by atoms with van der Waals surface area (Å²) in [6, 6.07) is 1.99. The molecule has 0 aliphatic heterocycles. The summed E-state index contributed by atoms with van der Waals surface area (Å²) in [5.41, 5.74) is -0.195. The van der Waals surface area contributed by atoms with E-state index in [-0.39, 0.29) is 17.3 Å². The number of allylic oxidation sites excluding steroid dienone is 2. The van der Waals surface area contributed by atoms with Crippen LogP contribution in [0.4, 0.5) is 0 Å². The topological polar surface area (TPSA) is 61.1 Å². The lowest BCUT2D eigenvalue weighted by Gasteiger charge is -1.96. The summed E-state index contributed by atoms with van der Waals surface area (Å²) in [5, 5.41) is 17.4. The lowest BCUT2D eigenvalue weighted by molar-refractivity contribution is -0.139. The van der Waals surface area contributed by atoms with Crippen LogP contribution in [0, 0.1) is 28.6 Å². The van der Waals surface area contributed by atoms with Gasteiger partial charge in [-0.1, -0.05) is 19.9 Å². The van der Waals surface area contributed by atoms with Crippen molar-refractivity contribution in [2.45, 2.75) is 13.8 Å². The highest BCUT2D eigenvalue weighted by atomic mass is 127. The molecule has 0 bridgehead atoms. The van der Waals surface area contributed by atoms with Gasteiger partial charge in [-0.25, -0.2) is 0 Å². The highest BCUT2D eigenvalue weighted by molar-refractivity contribution is 14.1. The summed E-state index contributed by atoms with van der Waals surface area (Å²) in [6.45, 7) is 3.82. The van der Waals surface area contributed by atoms with E-state index in [0.29, 0.717) is 3.58 Å². The van der Waals surface area contributed by atoms with Gasteiger partial charge < -0.3 is 5.11 Å². The fraction of sp³-hybridized carbons (Fsp3) is 0.556. The third-order valence-electron chi connectivity index (χ3n) is 2.61. The van der Waals surface area contributed by atoms with Crippen molar-refractivity contribution < 1.29 is 9.90 Å². The molecule has 3 nitrogen and oxygen atoms in total. The maximum Gasteiger partial charge on any atom is 0.307 e. The van der Waals surface area contributed by atoms with Crippen LogP contribution in [0.2, 0.25) is 0 Å². The van der Waals surface area contributed by atoms with E-state index in [1.54, 1.807) is 6.08 Å². The highest BCUT2D eigenvalue weighted by Crippen LogP contribution is 2.59. The lowest BCUT2D eigenvalue weighted by atomic mass is 10.1. The number of halogens is 1. The molecule has 0 saturated heterocycles. The molecule has 0 aromatic carbocycles. The van der Waals surface area contributed by atoms with Gasteiger partial charge in [-0.3, -0.25) is 4.79 Å². The third-order valence-corrected chi connectivity index (χ3v) is 3.21. The molecule has 2 unspecified atom stereocenters. The Balaban J connectivity index is 2.79. The Morgan fingerprint density at radius 3 is 2.54 bits per heavy atom. The number of hydrogen-bond donors (Lipinski definition) is 1. The average molecular weight is 291 g/mol. The molecule has 0 aromatic rings. The molecule has 2 atom stereocenters. The number of carboxylic acids is 1. The van der Waals surface area contributed by atoms with Crippen molar-refractivity contribution >= 4 is 28.6 Å². The molecule has 1 rings (SSSR count). The van der Waals surface area contributed by atoms with E-state index in [2.05, 4.69) is 0 Å². The smallest absolute Gasteiger partial charge is 0.307 e. The molecule has 4 heteroatoms. The maximum absolute atomic E-state index is 10.7. The van der Waals surface area contributed by atoms with Crippen LogP contribution in [0.1, 0.15) is 13.8 Å². The van der Waals surface area contributed by atoms with Gasteiger partial charge in [-0.2, -0.15) is 5.26 Å². The van der Waals surface area contributed by atoms with Gasteiger partial charge in [0.1, 0.15) is 6.07 Å². The van der Waals surface area contributed by atoms with Gasteiger partial charge in [0.15, 0.2) is 0 Å². The number of carbonyl (C=O) groups is 1. The number of aliphatic carboxylic acids is 1. The molecule has 1 aliphatic rings. The summed E-state index contributed by atoms with van der Waals surface area (Å²) in [5.74, 6) is -1.09. The maximum atomic E-state index is 10.7. The Kier molecular flexibility index (Phi) is 2.66. The second-order valence-corrected chi connectivity index (χ2v) is 4.95. The number of carboxylic acid groups (broad SMARTS) is 1. The summed E-state index contributed by atoms with van der Waals surface area (Å²) in [4.78, 5) is 10.7. The van der Waals surface area contributed by atoms with Crippen LogP contribution in [0.5, 0.6) is 0 Å². The van der Waals surface area contributed by atoms with Gasteiger partial charge in [0, 0.05) is 0 Å². The summed E-state index contributed by atoms with van der Waals surface area (Å²) in [6.07, 6.45) is 1.75. The van der Waals surface area contributed by atoms with Crippen molar-refractivity contribution in [2.24, 2.45) is 17.3 Å². The van der Waals surface area contributed by atoms with Crippen molar-refractivity contribution in [3.05, 3.63) is 9.66 Å². The quantitative estimate of drug-likeness (QED) is 0.626. The molecular formula is C9H10INO2. The first-order valence-electron chi connectivity index (χ1n) is 3.91. The van der Waals surface area contributed by atoms with Gasteiger partial charge in [0.2, 0.25) is 0 Å². The van der Waals surface area contributed by atoms with Gasteiger partial charge in [0.05, 0.1) is 9.50 Å². The van der Waals surface area contributed by atoms with E-state index >= 15 is 0 Å². The molecule has 0 aromatic heterocycles. The number of rotatable bonds is 2. The first-order valence-corrected chi connectivity index (χ1v) is 4.99. The van der Waals surface area contributed by atoms with Gasteiger partial charge in [-0.05, 0) is 33.9 Å². The van der Waals surface area contributed by atoms with E-state index in [4.69, 9.17) is 10.4 Å². The van der Waals surface area contributed by atoms with Crippen molar-refractivity contribution in [2.75, 3.05) is 0 Å². The van der Waals surface area contributed by atoms with Gasteiger partial charge >= 0.3 is 5.97 Å². The van der Waals surface area contributed by atoms with E-state index in [1.807, 2.05) is 42.5 Å². The molecule has 0 amide bonds. The Hall–Kier alpha value is -0.570. The second-order valence-electron chi connectivity index (χ2n) is 3.79. The molecule has 70 valence electrons. The molecular weight excluding hydrogens is 281 g/mol. The lowest BCUT2D eigenvalue weighted by Crippen LogP contribution is -2.02. The average Bonchev–Trinajstić information content (AvgIpc) is 2.53. The Morgan fingerprint density at radius 1 is 1.69 bits per heavy atom. The van der Waals surface area contributed by atoms with Gasteiger partial charge in [-0.15, -0.1) is 0 Å². The summed E-state index contributed by atoms with van der Waals surface area (Å²) >= 11 is 1.92. The largest absolute Gasteiger partial charge is 0.481 e. The normalized spacial score (nSPS) is 30.8. The number of hydrogen-bond acceptors (Lipinski definition) is 2. The molecule has 13 heavy (non-hydrogen) atoms. The van der Waals surface area contributed by atoms with Crippen molar-refractivity contribution in [1.29, 1.82) is 5.26 Å². The number of nitrogens with zero attached hydrogens (tertiary/aromatic N) is 1. The van der Waals surface area contributed by atoms with Crippen LogP contribution in [-0.4, -0.2) is 11.1 Å². The van der Waals surface area contributed by atoms with Crippen LogP contribution in [0.25, 0.3) is 0 Å².